The molecule has 0 aliphatic rings. The van der Waals surface area contributed by atoms with Crippen LogP contribution in [0.5, 0.6) is 0 Å². The van der Waals surface area contributed by atoms with Crippen molar-refractivity contribution in [1.29, 1.82) is 0 Å². The third-order valence-corrected chi connectivity index (χ3v) is 6.05. The number of likely N-dealkylation sites (N-methyl/N-ethyl adjacent to an activating group) is 1. The molecule has 2 atom stereocenters. The monoisotopic (exact) mass is 604 g/mol. The Morgan fingerprint density at radius 2 is 1.68 bits per heavy atom. The van der Waals surface area contributed by atoms with Crippen LogP contribution in [0, 0.1) is 0 Å². The molecule has 0 heterocycles. The van der Waals surface area contributed by atoms with Crippen molar-refractivity contribution in [3.63, 3.8) is 0 Å². The van der Waals surface area contributed by atoms with Gasteiger partial charge in [-0.2, -0.15) is 12.6 Å². The Morgan fingerprint density at radius 3 is 2.27 bits per heavy atom. The summed E-state index contributed by atoms with van der Waals surface area (Å²) >= 11 is 7.39. The Hall–Kier alpha value is -2.84. The normalized spacial score (nSPS) is 12.6. The van der Waals surface area contributed by atoms with Crippen LogP contribution in [0.4, 0.5) is 4.79 Å². The molecule has 1 aromatic rings. The average molecular weight is 606 g/mol. The third-order valence-electron chi connectivity index (χ3n) is 4.92. The number of halogens is 1. The summed E-state index contributed by atoms with van der Waals surface area (Å²) in [5, 5.41) is 18.6. The van der Waals surface area contributed by atoms with Gasteiger partial charge in [0.05, 0.1) is 34.2 Å². The molecule has 0 aliphatic carbocycles. The first-order valence-corrected chi connectivity index (χ1v) is 12.9. The smallest absolute Gasteiger partial charge is 0.408 e. The average Bonchev–Trinajstić information content (AvgIpc) is 2.82. The standard InChI is InChI=1S/C23H34BrN5O7S/c1-29(2,3)11-10-25-21(33)17(28-23(35)36-13-15-6-4-5-7-16(15)24)8-9-19(30)27-18(14-37)22(34)26-12-20(31)32/h4-7,17-18H,8-14H2,1-3H3,(H5-,25,26,27,28,30,31,32,33,34,35,37)/p+1. The largest absolute Gasteiger partial charge is 0.480 e. The zero-order valence-electron chi connectivity index (χ0n) is 21.1. The van der Waals surface area contributed by atoms with E-state index in [4.69, 9.17) is 9.84 Å². The number of carbonyl (C=O) groups excluding carboxylic acids is 4. The van der Waals surface area contributed by atoms with E-state index in [0.29, 0.717) is 17.6 Å². The minimum atomic E-state index is -1.23. The molecule has 0 saturated carbocycles. The molecule has 0 spiro atoms. The van der Waals surface area contributed by atoms with E-state index in [1.54, 1.807) is 18.2 Å². The van der Waals surface area contributed by atoms with Gasteiger partial charge in [-0.05, 0) is 12.5 Å². The molecule has 0 radical (unpaired) electrons. The van der Waals surface area contributed by atoms with Crippen LogP contribution in [-0.4, -0.2) is 98.0 Å². The summed E-state index contributed by atoms with van der Waals surface area (Å²) in [5.74, 6) is -3.05. The second-order valence-electron chi connectivity index (χ2n) is 9.12. The number of thiol groups is 1. The highest BCUT2D eigenvalue weighted by atomic mass is 79.9. The summed E-state index contributed by atoms with van der Waals surface area (Å²) in [4.78, 5) is 60.3. The fourth-order valence-electron chi connectivity index (χ4n) is 2.87. The summed E-state index contributed by atoms with van der Waals surface area (Å²) < 4.78 is 6.62. The number of nitrogens with zero attached hydrogens (tertiary/aromatic N) is 1. The first-order chi connectivity index (χ1) is 17.3. The number of nitrogens with one attached hydrogen (secondary N) is 4. The van der Waals surface area contributed by atoms with Gasteiger partial charge in [-0.3, -0.25) is 19.2 Å². The number of quaternary nitrogens is 1. The molecule has 0 aliphatic heterocycles. The van der Waals surface area contributed by atoms with Gasteiger partial charge in [-0.25, -0.2) is 4.79 Å². The van der Waals surface area contributed by atoms with E-state index >= 15 is 0 Å². The molecule has 14 heteroatoms. The summed E-state index contributed by atoms with van der Waals surface area (Å²) in [7, 11) is 5.90. The molecular formula is C23H35BrN5O7S+. The summed E-state index contributed by atoms with van der Waals surface area (Å²) in [5.41, 5.74) is 0.736. The molecule has 4 amide bonds. The fourth-order valence-corrected chi connectivity index (χ4v) is 3.53. The quantitative estimate of drug-likeness (QED) is 0.123. The minimum Gasteiger partial charge on any atom is -0.480 e. The van der Waals surface area contributed by atoms with Crippen molar-refractivity contribution in [3.8, 4) is 0 Å². The molecule has 206 valence electrons. The van der Waals surface area contributed by atoms with Crippen molar-refractivity contribution in [1.82, 2.24) is 21.3 Å². The Bertz CT molecular complexity index is 958. The molecule has 2 unspecified atom stereocenters. The molecular weight excluding hydrogens is 570 g/mol. The second-order valence-corrected chi connectivity index (χ2v) is 10.3. The molecule has 37 heavy (non-hydrogen) atoms. The van der Waals surface area contributed by atoms with E-state index in [9.17, 15) is 24.0 Å². The van der Waals surface area contributed by atoms with Crippen LogP contribution < -0.4 is 21.3 Å². The number of benzene rings is 1. The van der Waals surface area contributed by atoms with Crippen molar-refractivity contribution in [3.05, 3.63) is 34.3 Å². The predicted molar refractivity (Wildman–Crippen MR) is 143 cm³/mol. The lowest BCUT2D eigenvalue weighted by Gasteiger charge is -2.25. The molecule has 1 rings (SSSR count). The van der Waals surface area contributed by atoms with Crippen LogP contribution >= 0.6 is 28.6 Å². The highest BCUT2D eigenvalue weighted by Crippen LogP contribution is 2.16. The summed E-state index contributed by atoms with van der Waals surface area (Å²) in [6.07, 6.45) is -1.10. The van der Waals surface area contributed by atoms with Crippen LogP contribution in [0.2, 0.25) is 0 Å². The molecule has 1 aromatic carbocycles. The molecule has 0 fully saturated rings. The minimum absolute atomic E-state index is 0.0291. The number of hydrogen-bond acceptors (Lipinski definition) is 7. The van der Waals surface area contributed by atoms with Crippen LogP contribution in [0.15, 0.2) is 28.7 Å². The number of carboxylic acids is 1. The van der Waals surface area contributed by atoms with Crippen molar-refractivity contribution in [2.24, 2.45) is 0 Å². The van der Waals surface area contributed by atoms with Crippen molar-refractivity contribution < 1.29 is 38.3 Å². The number of carbonyl (C=O) groups is 5. The van der Waals surface area contributed by atoms with E-state index in [1.807, 2.05) is 27.2 Å². The van der Waals surface area contributed by atoms with E-state index in [-0.39, 0.29) is 25.2 Å². The highest BCUT2D eigenvalue weighted by Gasteiger charge is 2.25. The molecule has 12 nitrogen and oxygen atoms in total. The lowest BCUT2D eigenvalue weighted by atomic mass is 10.1. The molecule has 0 aromatic heterocycles. The van der Waals surface area contributed by atoms with E-state index in [2.05, 4.69) is 49.8 Å². The molecule has 5 N–H and O–H groups in total. The molecule has 0 bridgehead atoms. The topological polar surface area (TPSA) is 163 Å². The van der Waals surface area contributed by atoms with Gasteiger partial charge in [0.2, 0.25) is 17.7 Å². The number of hydrogen-bond donors (Lipinski definition) is 6. The Labute approximate surface area is 230 Å². The number of alkyl carbamates (subject to hydrolysis) is 1. The third kappa shape index (κ3) is 13.9. The van der Waals surface area contributed by atoms with Crippen LogP contribution in [0.25, 0.3) is 0 Å². The first-order valence-electron chi connectivity index (χ1n) is 11.5. The van der Waals surface area contributed by atoms with Gasteiger partial charge in [-0.15, -0.1) is 0 Å². The van der Waals surface area contributed by atoms with Crippen LogP contribution in [-0.2, 0) is 30.5 Å². The zero-order chi connectivity index (χ0) is 28.0. The van der Waals surface area contributed by atoms with Gasteiger partial charge in [0.15, 0.2) is 0 Å². The van der Waals surface area contributed by atoms with E-state index in [1.165, 1.54) is 0 Å². The predicted octanol–water partition coefficient (Wildman–Crippen LogP) is 0.262. The number of amides is 4. The lowest BCUT2D eigenvalue weighted by molar-refractivity contribution is -0.869. The highest BCUT2D eigenvalue weighted by molar-refractivity contribution is 9.10. The van der Waals surface area contributed by atoms with Crippen LogP contribution in [0.1, 0.15) is 18.4 Å². The van der Waals surface area contributed by atoms with Gasteiger partial charge in [0.1, 0.15) is 25.2 Å². The SMILES string of the molecule is C[N+](C)(C)CCNC(=O)C(CCC(=O)NC(CS)C(=O)NCC(=O)O)NC(=O)OCc1ccccc1Br. The van der Waals surface area contributed by atoms with E-state index < -0.39 is 48.4 Å². The summed E-state index contributed by atoms with van der Waals surface area (Å²) in [6, 6.07) is 5.07. The number of rotatable bonds is 15. The number of aliphatic carboxylic acids is 1. The van der Waals surface area contributed by atoms with Crippen LogP contribution in [0.3, 0.4) is 0 Å². The van der Waals surface area contributed by atoms with Gasteiger partial charge in [0, 0.05) is 22.2 Å². The maximum Gasteiger partial charge on any atom is 0.408 e. The zero-order valence-corrected chi connectivity index (χ0v) is 23.6. The maximum absolute atomic E-state index is 12.8. The van der Waals surface area contributed by atoms with Crippen molar-refractivity contribution >= 4 is 58.3 Å². The van der Waals surface area contributed by atoms with Gasteiger partial charge < -0.3 is 35.6 Å². The lowest BCUT2D eigenvalue weighted by Crippen LogP contribution is -2.51. The van der Waals surface area contributed by atoms with E-state index in [0.717, 1.165) is 10.0 Å². The maximum atomic E-state index is 12.8. The van der Waals surface area contributed by atoms with Crippen molar-refractivity contribution in [2.75, 3.05) is 46.5 Å². The fraction of sp³-hybridized carbons (Fsp3) is 0.522. The van der Waals surface area contributed by atoms with Crippen molar-refractivity contribution in [2.45, 2.75) is 31.5 Å². The first kappa shape index (κ1) is 32.2. The number of ether oxygens (including phenoxy) is 1. The Morgan fingerprint density at radius 1 is 1.03 bits per heavy atom. The Balaban J connectivity index is 2.74. The number of carboxylic acid groups (broad SMARTS) is 1. The van der Waals surface area contributed by atoms with Gasteiger partial charge >= 0.3 is 12.1 Å². The molecule has 0 saturated heterocycles. The van der Waals surface area contributed by atoms with Gasteiger partial charge in [-0.1, -0.05) is 34.1 Å². The second kappa shape index (κ2) is 16.1. The van der Waals surface area contributed by atoms with Gasteiger partial charge in [0.25, 0.3) is 0 Å². The Kier molecular flexibility index (Phi) is 14.0. The summed E-state index contributed by atoms with van der Waals surface area (Å²) in [6.45, 7) is 0.365.